The molecule has 2 N–H and O–H groups in total. The lowest BCUT2D eigenvalue weighted by Crippen LogP contribution is -2.36. The van der Waals surface area contributed by atoms with E-state index in [9.17, 15) is 4.79 Å². The van der Waals surface area contributed by atoms with Crippen LogP contribution in [0.4, 0.5) is 5.13 Å². The molecule has 1 heterocycles. The fourth-order valence-corrected chi connectivity index (χ4v) is 2.16. The second-order valence-corrected chi connectivity index (χ2v) is 5.46. The summed E-state index contributed by atoms with van der Waals surface area (Å²) in [6.45, 7) is 5.15. The lowest BCUT2D eigenvalue weighted by molar-refractivity contribution is 0.0691. The Morgan fingerprint density at radius 1 is 1.59 bits per heavy atom. The predicted molar refractivity (Wildman–Crippen MR) is 69.9 cm³/mol. The van der Waals surface area contributed by atoms with Crippen molar-refractivity contribution in [3.8, 4) is 0 Å². The van der Waals surface area contributed by atoms with Crippen LogP contribution in [0.3, 0.4) is 0 Å². The minimum atomic E-state index is -0.983. The van der Waals surface area contributed by atoms with Gasteiger partial charge in [-0.25, -0.2) is 9.78 Å². The number of hydrogen-bond acceptors (Lipinski definition) is 5. The summed E-state index contributed by atoms with van der Waals surface area (Å²) in [5, 5.41) is 14.3. The van der Waals surface area contributed by atoms with Crippen LogP contribution in [0, 0.1) is 5.92 Å². The van der Waals surface area contributed by atoms with Crippen molar-refractivity contribution in [2.45, 2.75) is 19.9 Å². The number of likely N-dealkylation sites (N-methyl/N-ethyl adjacent to an activating group) is 1. The van der Waals surface area contributed by atoms with E-state index in [0.29, 0.717) is 11.0 Å². The molecule has 6 heteroatoms. The molecule has 1 rings (SSSR count). The van der Waals surface area contributed by atoms with E-state index in [4.69, 9.17) is 5.11 Å². The smallest absolute Gasteiger partial charge is 0.355 e. The molecule has 1 unspecified atom stereocenters. The van der Waals surface area contributed by atoms with Gasteiger partial charge in [0.15, 0.2) is 10.8 Å². The molecule has 17 heavy (non-hydrogen) atoms. The Balaban J connectivity index is 2.68. The number of rotatable bonds is 6. The van der Waals surface area contributed by atoms with Gasteiger partial charge in [-0.05, 0) is 20.0 Å². The number of thiazole rings is 1. The van der Waals surface area contributed by atoms with Gasteiger partial charge >= 0.3 is 5.97 Å². The highest BCUT2D eigenvalue weighted by molar-refractivity contribution is 7.13. The number of carboxylic acid groups (broad SMARTS) is 1. The molecule has 96 valence electrons. The molecule has 1 aromatic rings. The van der Waals surface area contributed by atoms with Crippen molar-refractivity contribution >= 4 is 22.4 Å². The van der Waals surface area contributed by atoms with Gasteiger partial charge in [-0.3, -0.25) is 0 Å². The SMILES string of the molecule is CC(C)C(CN(C)C)Nc1nc(C(=O)O)cs1. The van der Waals surface area contributed by atoms with Gasteiger partial charge < -0.3 is 15.3 Å². The number of nitrogens with one attached hydrogen (secondary N) is 1. The lowest BCUT2D eigenvalue weighted by atomic mass is 10.0. The first-order chi connectivity index (χ1) is 7.90. The largest absolute Gasteiger partial charge is 0.476 e. The van der Waals surface area contributed by atoms with Gasteiger partial charge in [0.25, 0.3) is 0 Å². The van der Waals surface area contributed by atoms with Gasteiger partial charge in [0.2, 0.25) is 0 Å². The van der Waals surface area contributed by atoms with Crippen LogP contribution < -0.4 is 5.32 Å². The molecular weight excluding hydrogens is 238 g/mol. The number of nitrogens with zero attached hydrogens (tertiary/aromatic N) is 2. The maximum Gasteiger partial charge on any atom is 0.355 e. The molecule has 0 aromatic carbocycles. The standard InChI is InChI=1S/C11H19N3O2S/c1-7(2)8(5-14(3)4)12-11-13-9(6-17-11)10(15)16/h6-8H,5H2,1-4H3,(H,12,13)(H,15,16). The Hall–Kier alpha value is -1.14. The van der Waals surface area contributed by atoms with E-state index in [2.05, 4.69) is 29.0 Å². The van der Waals surface area contributed by atoms with E-state index < -0.39 is 5.97 Å². The van der Waals surface area contributed by atoms with E-state index in [0.717, 1.165) is 6.54 Å². The zero-order valence-corrected chi connectivity index (χ0v) is 11.4. The predicted octanol–water partition coefficient (Wildman–Crippen LogP) is 1.84. The van der Waals surface area contributed by atoms with Crippen molar-refractivity contribution in [1.29, 1.82) is 0 Å². The van der Waals surface area contributed by atoms with E-state index in [1.165, 1.54) is 11.3 Å². The van der Waals surface area contributed by atoms with Gasteiger partial charge in [0.05, 0.1) is 0 Å². The molecule has 0 bridgehead atoms. The van der Waals surface area contributed by atoms with Crippen LogP contribution >= 0.6 is 11.3 Å². The normalized spacial score (nSPS) is 13.1. The van der Waals surface area contributed by atoms with E-state index >= 15 is 0 Å². The zero-order valence-electron chi connectivity index (χ0n) is 10.6. The molecule has 0 amide bonds. The third kappa shape index (κ3) is 4.32. The van der Waals surface area contributed by atoms with E-state index in [1.54, 1.807) is 5.38 Å². The Labute approximate surface area is 105 Å². The molecule has 0 aliphatic carbocycles. The highest BCUT2D eigenvalue weighted by Crippen LogP contribution is 2.18. The van der Waals surface area contributed by atoms with Gasteiger partial charge in [0.1, 0.15) is 0 Å². The number of aromatic nitrogens is 1. The molecule has 0 fully saturated rings. The maximum absolute atomic E-state index is 10.7. The zero-order chi connectivity index (χ0) is 13.0. The van der Waals surface area contributed by atoms with Crippen LogP contribution in [0.25, 0.3) is 0 Å². The Morgan fingerprint density at radius 2 is 2.24 bits per heavy atom. The van der Waals surface area contributed by atoms with Gasteiger partial charge in [-0.2, -0.15) is 0 Å². The van der Waals surface area contributed by atoms with Crippen molar-refractivity contribution in [3.63, 3.8) is 0 Å². The molecule has 0 spiro atoms. The monoisotopic (exact) mass is 257 g/mol. The fourth-order valence-electron chi connectivity index (χ4n) is 1.41. The summed E-state index contributed by atoms with van der Waals surface area (Å²) in [5.41, 5.74) is 0.102. The number of hydrogen-bond donors (Lipinski definition) is 2. The van der Waals surface area contributed by atoms with Crippen LogP contribution in [-0.4, -0.2) is 47.6 Å². The second kappa shape index (κ2) is 5.97. The van der Waals surface area contributed by atoms with Crippen LogP contribution in [-0.2, 0) is 0 Å². The number of aromatic carboxylic acids is 1. The molecular formula is C11H19N3O2S. The molecule has 1 atom stereocenters. The van der Waals surface area contributed by atoms with Crippen molar-refractivity contribution < 1.29 is 9.90 Å². The molecule has 0 saturated heterocycles. The van der Waals surface area contributed by atoms with Crippen molar-refractivity contribution in [2.75, 3.05) is 26.0 Å². The Bertz CT molecular complexity index is 377. The Kier molecular flexibility index (Phi) is 4.89. The molecule has 0 aliphatic heterocycles. The first-order valence-electron chi connectivity index (χ1n) is 5.50. The highest BCUT2D eigenvalue weighted by atomic mass is 32.1. The molecule has 1 aromatic heterocycles. The topological polar surface area (TPSA) is 65.5 Å². The summed E-state index contributed by atoms with van der Waals surface area (Å²) < 4.78 is 0. The first-order valence-corrected chi connectivity index (χ1v) is 6.38. The maximum atomic E-state index is 10.7. The summed E-state index contributed by atoms with van der Waals surface area (Å²) in [7, 11) is 4.03. The first kappa shape index (κ1) is 13.9. The van der Waals surface area contributed by atoms with E-state index in [-0.39, 0.29) is 11.7 Å². The molecule has 0 saturated carbocycles. The minimum Gasteiger partial charge on any atom is -0.476 e. The summed E-state index contributed by atoms with van der Waals surface area (Å²) in [6.07, 6.45) is 0. The van der Waals surface area contributed by atoms with Crippen LogP contribution in [0.2, 0.25) is 0 Å². The van der Waals surface area contributed by atoms with Crippen LogP contribution in [0.1, 0.15) is 24.3 Å². The fraction of sp³-hybridized carbons (Fsp3) is 0.636. The minimum absolute atomic E-state index is 0.102. The highest BCUT2D eigenvalue weighted by Gasteiger charge is 2.16. The number of carboxylic acids is 1. The third-order valence-electron chi connectivity index (χ3n) is 2.40. The van der Waals surface area contributed by atoms with Gasteiger partial charge in [-0.1, -0.05) is 13.8 Å². The van der Waals surface area contributed by atoms with Crippen molar-refractivity contribution in [1.82, 2.24) is 9.88 Å². The van der Waals surface area contributed by atoms with Crippen LogP contribution in [0.15, 0.2) is 5.38 Å². The molecule has 5 nitrogen and oxygen atoms in total. The average molecular weight is 257 g/mol. The summed E-state index contributed by atoms with van der Waals surface area (Å²) in [4.78, 5) is 16.8. The lowest BCUT2D eigenvalue weighted by Gasteiger charge is -2.25. The van der Waals surface area contributed by atoms with Crippen molar-refractivity contribution in [2.24, 2.45) is 5.92 Å². The number of carbonyl (C=O) groups is 1. The Morgan fingerprint density at radius 3 is 2.65 bits per heavy atom. The molecule has 0 aliphatic rings. The number of anilines is 1. The van der Waals surface area contributed by atoms with E-state index in [1.807, 2.05) is 14.1 Å². The average Bonchev–Trinajstić information content (AvgIpc) is 2.64. The van der Waals surface area contributed by atoms with Crippen molar-refractivity contribution in [3.05, 3.63) is 11.1 Å². The van der Waals surface area contributed by atoms with Crippen LogP contribution in [0.5, 0.6) is 0 Å². The van der Waals surface area contributed by atoms with Gasteiger partial charge in [-0.15, -0.1) is 11.3 Å². The summed E-state index contributed by atoms with van der Waals surface area (Å²) in [5.74, 6) is -0.530. The molecule has 0 radical (unpaired) electrons. The summed E-state index contributed by atoms with van der Waals surface area (Å²) >= 11 is 1.33. The quantitative estimate of drug-likeness (QED) is 0.814. The second-order valence-electron chi connectivity index (χ2n) is 4.60. The summed E-state index contributed by atoms with van der Waals surface area (Å²) in [6, 6.07) is 0.262. The third-order valence-corrected chi connectivity index (χ3v) is 3.17. The van der Waals surface area contributed by atoms with Gasteiger partial charge in [0, 0.05) is 18.0 Å².